The number of hydrogen-bond acceptors (Lipinski definition) is 1. The zero-order chi connectivity index (χ0) is 4.24. The summed E-state index contributed by atoms with van der Waals surface area (Å²) in [7, 11) is 0. The Morgan fingerprint density at radius 3 is 2.29 bits per heavy atom. The van der Waals surface area contributed by atoms with E-state index in [9.17, 15) is 0 Å². The predicted octanol–water partition coefficient (Wildman–Crippen LogP) is 0.186. The molecular formula is C4H9AlBO. The van der Waals surface area contributed by atoms with E-state index in [0.717, 1.165) is 6.61 Å². The third kappa shape index (κ3) is 3.17. The van der Waals surface area contributed by atoms with Crippen LogP contribution in [0.2, 0.25) is 5.28 Å². The van der Waals surface area contributed by atoms with Gasteiger partial charge in [0, 0.05) is 15.0 Å². The molecule has 0 bridgehead atoms. The first-order valence-corrected chi connectivity index (χ1v) is 4.15. The van der Waals surface area contributed by atoms with Crippen LogP contribution >= 0.6 is 0 Å². The van der Waals surface area contributed by atoms with Gasteiger partial charge >= 0.3 is 15.6 Å². The van der Waals surface area contributed by atoms with Crippen LogP contribution in [-0.2, 0) is 3.79 Å². The molecule has 0 aliphatic carbocycles. The van der Waals surface area contributed by atoms with E-state index in [1.807, 2.05) is 0 Å². The van der Waals surface area contributed by atoms with Gasteiger partial charge in [0.25, 0.3) is 0 Å². The second kappa shape index (κ2) is 4.71. The fourth-order valence-corrected chi connectivity index (χ4v) is 1.86. The highest BCUT2D eigenvalue weighted by Crippen LogP contribution is 2.01. The van der Waals surface area contributed by atoms with Gasteiger partial charge in [0.05, 0.1) is 0 Å². The van der Waals surface area contributed by atoms with Crippen molar-refractivity contribution in [2.45, 2.75) is 18.1 Å². The molecule has 0 saturated carbocycles. The van der Waals surface area contributed by atoms with E-state index in [-0.39, 0.29) is 24.0 Å². The molecule has 7 heavy (non-hydrogen) atoms. The maximum atomic E-state index is 5.21. The average molecular weight is 111 g/mol. The van der Waals surface area contributed by atoms with Crippen LogP contribution in [0.25, 0.3) is 0 Å². The molecule has 0 N–H and O–H groups in total. The SMILES string of the molecule is C1C[CH2][AlH][O]C1.[B]. The van der Waals surface area contributed by atoms with Crippen molar-refractivity contribution in [2.24, 2.45) is 0 Å². The van der Waals surface area contributed by atoms with Gasteiger partial charge in [-0.2, -0.15) is 0 Å². The van der Waals surface area contributed by atoms with Crippen LogP contribution in [0.5, 0.6) is 0 Å². The Bertz CT molecular complexity index is 27.2. The van der Waals surface area contributed by atoms with Gasteiger partial charge in [-0.15, -0.1) is 0 Å². The zero-order valence-corrected chi connectivity index (χ0v) is 5.94. The molecule has 1 fully saturated rings. The average Bonchev–Trinajstić information content (AvgIpc) is 1.72. The van der Waals surface area contributed by atoms with Gasteiger partial charge in [0.2, 0.25) is 0 Å². The minimum Gasteiger partial charge on any atom is -0.503 e. The minimum absolute atomic E-state index is 0. The molecular weight excluding hydrogens is 102 g/mol. The minimum atomic E-state index is 0. The highest BCUT2D eigenvalue weighted by atomic mass is 27.1. The second-order valence-corrected chi connectivity index (χ2v) is 3.20. The lowest BCUT2D eigenvalue weighted by atomic mass is 10.4. The predicted molar refractivity (Wildman–Crippen MR) is 32.9 cm³/mol. The molecule has 0 aromatic rings. The van der Waals surface area contributed by atoms with Crippen LogP contribution in [0, 0.1) is 0 Å². The number of rotatable bonds is 0. The van der Waals surface area contributed by atoms with Crippen molar-refractivity contribution in [2.75, 3.05) is 6.61 Å². The maximum absolute atomic E-state index is 5.21. The third-order valence-electron chi connectivity index (χ3n) is 1.08. The molecule has 1 rings (SSSR count). The Morgan fingerprint density at radius 2 is 2.14 bits per heavy atom. The molecule has 1 aliphatic heterocycles. The smallest absolute Gasteiger partial charge is 0.435 e. The first-order chi connectivity index (χ1) is 3.00. The molecule has 0 aromatic heterocycles. The first-order valence-electron chi connectivity index (χ1n) is 2.58. The Hall–Kier alpha value is 0.557. The van der Waals surface area contributed by atoms with Crippen LogP contribution in [0.3, 0.4) is 0 Å². The molecule has 0 amide bonds. The van der Waals surface area contributed by atoms with Crippen molar-refractivity contribution in [3.05, 3.63) is 0 Å². The summed E-state index contributed by atoms with van der Waals surface area (Å²) in [4.78, 5) is 0. The van der Waals surface area contributed by atoms with Gasteiger partial charge in [-0.3, -0.25) is 0 Å². The summed E-state index contributed by atoms with van der Waals surface area (Å²) in [6, 6.07) is 0. The summed E-state index contributed by atoms with van der Waals surface area (Å²) in [5, 5.41) is 1.42. The van der Waals surface area contributed by atoms with E-state index in [1.165, 1.54) is 18.1 Å². The quantitative estimate of drug-likeness (QED) is 0.405. The van der Waals surface area contributed by atoms with E-state index >= 15 is 0 Å². The normalized spacial score (nSPS) is 19.4. The fraction of sp³-hybridized carbons (Fsp3) is 1.00. The maximum Gasteiger partial charge on any atom is 0.435 e. The molecule has 0 unspecified atom stereocenters. The van der Waals surface area contributed by atoms with Crippen LogP contribution in [0.15, 0.2) is 0 Å². The zero-order valence-electron chi connectivity index (χ0n) is 4.52. The van der Waals surface area contributed by atoms with Crippen molar-refractivity contribution in [1.82, 2.24) is 0 Å². The summed E-state index contributed by atoms with van der Waals surface area (Å²) >= 11 is 0.00849. The van der Waals surface area contributed by atoms with Gasteiger partial charge in [-0.1, -0.05) is 11.7 Å². The van der Waals surface area contributed by atoms with Crippen molar-refractivity contribution < 1.29 is 3.79 Å². The van der Waals surface area contributed by atoms with Crippen LogP contribution < -0.4 is 0 Å². The molecule has 3 radical (unpaired) electrons. The van der Waals surface area contributed by atoms with Crippen LogP contribution in [-0.4, -0.2) is 30.6 Å². The van der Waals surface area contributed by atoms with Crippen molar-refractivity contribution in [3.8, 4) is 0 Å². The van der Waals surface area contributed by atoms with Crippen molar-refractivity contribution in [3.63, 3.8) is 0 Å². The Morgan fingerprint density at radius 1 is 1.29 bits per heavy atom. The molecule has 3 heteroatoms. The van der Waals surface area contributed by atoms with Crippen molar-refractivity contribution >= 4 is 24.0 Å². The van der Waals surface area contributed by atoms with Gasteiger partial charge in [-0.25, -0.2) is 0 Å². The standard InChI is InChI=1S/C4H8O.Al.B.H/c1-2-3-4-5;;;/h1-4H2;;;/q-1;+1;;. The monoisotopic (exact) mass is 111 g/mol. The lowest BCUT2D eigenvalue weighted by molar-refractivity contribution is 0.304. The first kappa shape index (κ1) is 7.56. The highest BCUT2D eigenvalue weighted by molar-refractivity contribution is 6.27. The third-order valence-corrected chi connectivity index (χ3v) is 2.44. The molecule has 1 saturated heterocycles. The summed E-state index contributed by atoms with van der Waals surface area (Å²) in [6.07, 6.45) is 2.75. The summed E-state index contributed by atoms with van der Waals surface area (Å²) in [5.41, 5.74) is 0. The van der Waals surface area contributed by atoms with E-state index in [0.29, 0.717) is 0 Å². The highest BCUT2D eigenvalue weighted by Gasteiger charge is 2.00. The van der Waals surface area contributed by atoms with Crippen molar-refractivity contribution in [1.29, 1.82) is 0 Å². The van der Waals surface area contributed by atoms with Crippen LogP contribution in [0.4, 0.5) is 0 Å². The molecule has 0 atom stereocenters. The van der Waals surface area contributed by atoms with Gasteiger partial charge in [0.1, 0.15) is 0 Å². The largest absolute Gasteiger partial charge is 0.503 e. The Balaban J connectivity index is 0.000000360. The van der Waals surface area contributed by atoms with Gasteiger partial charge < -0.3 is 3.79 Å². The van der Waals surface area contributed by atoms with Crippen LogP contribution in [0.1, 0.15) is 12.8 Å². The molecule has 0 spiro atoms. The van der Waals surface area contributed by atoms with E-state index < -0.39 is 0 Å². The number of hydrogen-bond donors (Lipinski definition) is 0. The molecule has 1 nitrogen and oxygen atoms in total. The van der Waals surface area contributed by atoms with E-state index in [1.54, 1.807) is 0 Å². The topological polar surface area (TPSA) is 9.23 Å². The molecule has 1 aliphatic rings. The summed E-state index contributed by atoms with van der Waals surface area (Å²) in [5.74, 6) is 0. The van der Waals surface area contributed by atoms with Gasteiger partial charge in [0.15, 0.2) is 0 Å². The fourth-order valence-electron chi connectivity index (χ4n) is 0.687. The second-order valence-electron chi connectivity index (χ2n) is 1.67. The molecule has 1 heterocycles. The van der Waals surface area contributed by atoms with E-state index in [2.05, 4.69) is 0 Å². The van der Waals surface area contributed by atoms with E-state index in [4.69, 9.17) is 3.79 Å². The summed E-state index contributed by atoms with van der Waals surface area (Å²) in [6.45, 7) is 1.06. The Labute approximate surface area is 53.1 Å². The lowest BCUT2D eigenvalue weighted by Crippen LogP contribution is -2.06. The molecule has 37 valence electrons. The lowest BCUT2D eigenvalue weighted by Gasteiger charge is -2.06. The summed E-state index contributed by atoms with van der Waals surface area (Å²) < 4.78 is 5.21. The molecule has 0 aromatic carbocycles. The Kier molecular flexibility index (Phi) is 5.08. The van der Waals surface area contributed by atoms with Gasteiger partial charge in [-0.05, 0) is 6.42 Å².